The van der Waals surface area contributed by atoms with Crippen LogP contribution < -0.4 is 5.56 Å². The standard InChI is InChI=1S/C17H16N2O3S/c1-10-6-11(2)15(12(3)7-10)16(21)22-9-13-8-14(20)19-4-5-23-17(19)18-13/h4-8H,9H2,1-3H3. The van der Waals surface area contributed by atoms with Crippen LogP contribution in [0.5, 0.6) is 0 Å². The van der Waals surface area contributed by atoms with Crippen LogP contribution in [-0.4, -0.2) is 15.4 Å². The van der Waals surface area contributed by atoms with E-state index in [2.05, 4.69) is 4.98 Å². The second kappa shape index (κ2) is 5.96. The normalized spacial score (nSPS) is 10.9. The molecule has 2 heterocycles. The molecule has 0 aliphatic heterocycles. The summed E-state index contributed by atoms with van der Waals surface area (Å²) >= 11 is 1.36. The van der Waals surface area contributed by atoms with Gasteiger partial charge in [0.05, 0.1) is 11.3 Å². The Morgan fingerprint density at radius 2 is 1.91 bits per heavy atom. The second-order valence-corrected chi connectivity index (χ2v) is 6.36. The molecular formula is C17H16N2O3S. The number of hydrogen-bond acceptors (Lipinski definition) is 5. The van der Waals surface area contributed by atoms with Crippen LogP contribution in [0.25, 0.3) is 4.96 Å². The number of benzene rings is 1. The molecule has 3 rings (SSSR count). The highest BCUT2D eigenvalue weighted by atomic mass is 32.1. The summed E-state index contributed by atoms with van der Waals surface area (Å²) in [5.41, 5.74) is 3.72. The molecular weight excluding hydrogens is 312 g/mol. The number of ether oxygens (including phenoxy) is 1. The van der Waals surface area contributed by atoms with Crippen molar-refractivity contribution in [2.45, 2.75) is 27.4 Å². The molecule has 5 nitrogen and oxygen atoms in total. The molecule has 0 radical (unpaired) electrons. The molecule has 0 saturated carbocycles. The van der Waals surface area contributed by atoms with E-state index in [1.54, 1.807) is 11.6 Å². The van der Waals surface area contributed by atoms with E-state index in [1.807, 2.05) is 32.9 Å². The lowest BCUT2D eigenvalue weighted by Gasteiger charge is -2.11. The summed E-state index contributed by atoms with van der Waals surface area (Å²) < 4.78 is 6.81. The smallest absolute Gasteiger partial charge is 0.339 e. The van der Waals surface area contributed by atoms with Crippen molar-refractivity contribution < 1.29 is 9.53 Å². The molecule has 1 aromatic carbocycles. The van der Waals surface area contributed by atoms with Gasteiger partial charge >= 0.3 is 5.97 Å². The molecule has 0 unspecified atom stereocenters. The molecule has 0 saturated heterocycles. The first-order chi connectivity index (χ1) is 11.0. The zero-order chi connectivity index (χ0) is 16.6. The fourth-order valence-corrected chi connectivity index (χ4v) is 3.41. The van der Waals surface area contributed by atoms with Gasteiger partial charge in [-0.3, -0.25) is 9.20 Å². The number of rotatable bonds is 3. The van der Waals surface area contributed by atoms with Crippen LogP contribution >= 0.6 is 11.3 Å². The van der Waals surface area contributed by atoms with Crippen molar-refractivity contribution in [2.24, 2.45) is 0 Å². The van der Waals surface area contributed by atoms with E-state index in [0.29, 0.717) is 16.2 Å². The monoisotopic (exact) mass is 328 g/mol. The fourth-order valence-electron chi connectivity index (χ4n) is 2.68. The average Bonchev–Trinajstić information content (AvgIpc) is 2.93. The van der Waals surface area contributed by atoms with E-state index in [1.165, 1.54) is 21.8 Å². The van der Waals surface area contributed by atoms with Crippen LogP contribution in [0, 0.1) is 20.8 Å². The van der Waals surface area contributed by atoms with Crippen molar-refractivity contribution in [1.82, 2.24) is 9.38 Å². The largest absolute Gasteiger partial charge is 0.456 e. The minimum Gasteiger partial charge on any atom is -0.456 e. The number of thiazole rings is 1. The third kappa shape index (κ3) is 3.03. The second-order valence-electron chi connectivity index (χ2n) is 5.49. The Kier molecular flexibility index (Phi) is 4.00. The lowest BCUT2D eigenvalue weighted by atomic mass is 10.00. The minimum absolute atomic E-state index is 0.0186. The zero-order valence-corrected chi connectivity index (χ0v) is 13.9. The highest BCUT2D eigenvalue weighted by molar-refractivity contribution is 7.15. The molecule has 0 bridgehead atoms. The zero-order valence-electron chi connectivity index (χ0n) is 13.1. The van der Waals surface area contributed by atoms with Crippen LogP contribution in [0.4, 0.5) is 0 Å². The van der Waals surface area contributed by atoms with Crippen LogP contribution in [0.1, 0.15) is 32.7 Å². The maximum Gasteiger partial charge on any atom is 0.339 e. The highest BCUT2D eigenvalue weighted by Crippen LogP contribution is 2.18. The van der Waals surface area contributed by atoms with E-state index in [-0.39, 0.29) is 12.2 Å². The predicted octanol–water partition coefficient (Wildman–Crippen LogP) is 3.04. The van der Waals surface area contributed by atoms with Crippen LogP contribution in [0.2, 0.25) is 0 Å². The number of carbonyl (C=O) groups excluding carboxylic acids is 1. The molecule has 0 spiro atoms. The maximum absolute atomic E-state index is 12.3. The molecule has 118 valence electrons. The highest BCUT2D eigenvalue weighted by Gasteiger charge is 2.15. The number of carbonyl (C=O) groups is 1. The Morgan fingerprint density at radius 1 is 1.22 bits per heavy atom. The van der Waals surface area contributed by atoms with E-state index in [9.17, 15) is 9.59 Å². The molecule has 0 amide bonds. The lowest BCUT2D eigenvalue weighted by Crippen LogP contribution is -2.15. The first-order valence-corrected chi connectivity index (χ1v) is 8.04. The van der Waals surface area contributed by atoms with E-state index >= 15 is 0 Å². The molecule has 6 heteroatoms. The number of aromatic nitrogens is 2. The Morgan fingerprint density at radius 3 is 2.61 bits per heavy atom. The molecule has 2 aromatic heterocycles. The summed E-state index contributed by atoms with van der Waals surface area (Å²) in [5.74, 6) is -0.395. The summed E-state index contributed by atoms with van der Waals surface area (Å²) in [4.78, 5) is 29.2. The van der Waals surface area contributed by atoms with E-state index in [4.69, 9.17) is 4.74 Å². The summed E-state index contributed by atoms with van der Waals surface area (Å²) in [5, 5.41) is 1.79. The van der Waals surface area contributed by atoms with Gasteiger partial charge in [-0.25, -0.2) is 9.78 Å². The SMILES string of the molecule is Cc1cc(C)c(C(=O)OCc2cc(=O)n3ccsc3n2)c(C)c1. The van der Waals surface area contributed by atoms with Crippen molar-refractivity contribution in [1.29, 1.82) is 0 Å². The van der Waals surface area contributed by atoms with Gasteiger partial charge in [-0.2, -0.15) is 0 Å². The van der Waals surface area contributed by atoms with Gasteiger partial charge in [0, 0.05) is 17.6 Å². The molecule has 0 N–H and O–H groups in total. The Balaban J connectivity index is 1.82. The third-order valence-corrected chi connectivity index (χ3v) is 4.35. The number of esters is 1. The molecule has 3 aromatic rings. The minimum atomic E-state index is -0.395. The first kappa shape index (κ1) is 15.4. The lowest BCUT2D eigenvalue weighted by molar-refractivity contribution is 0.0466. The molecule has 23 heavy (non-hydrogen) atoms. The van der Waals surface area contributed by atoms with E-state index in [0.717, 1.165) is 16.7 Å². The van der Waals surface area contributed by atoms with E-state index < -0.39 is 5.97 Å². The predicted molar refractivity (Wildman–Crippen MR) is 89.1 cm³/mol. The summed E-state index contributed by atoms with van der Waals surface area (Å²) in [6.45, 7) is 5.75. The van der Waals surface area contributed by atoms with Crippen molar-refractivity contribution >= 4 is 22.3 Å². The van der Waals surface area contributed by atoms with Gasteiger partial charge in [-0.05, 0) is 31.9 Å². The Hall–Kier alpha value is -2.47. The number of fused-ring (bicyclic) bond motifs is 1. The summed E-state index contributed by atoms with van der Waals surface area (Å²) in [6, 6.07) is 5.29. The Labute approximate surface area is 137 Å². The van der Waals surface area contributed by atoms with Gasteiger partial charge in [-0.15, -0.1) is 11.3 Å². The van der Waals surface area contributed by atoms with Gasteiger partial charge in [0.1, 0.15) is 6.61 Å². The van der Waals surface area contributed by atoms with Crippen molar-refractivity contribution in [3.05, 3.63) is 68.1 Å². The quantitative estimate of drug-likeness (QED) is 0.693. The number of hydrogen-bond donors (Lipinski definition) is 0. The van der Waals surface area contributed by atoms with Crippen LogP contribution in [0.3, 0.4) is 0 Å². The van der Waals surface area contributed by atoms with Gasteiger partial charge in [-0.1, -0.05) is 17.7 Å². The van der Waals surface area contributed by atoms with Crippen LogP contribution in [0.15, 0.2) is 34.6 Å². The maximum atomic E-state index is 12.3. The molecule has 0 aliphatic carbocycles. The van der Waals surface area contributed by atoms with Crippen molar-refractivity contribution in [3.8, 4) is 0 Å². The molecule has 0 atom stereocenters. The van der Waals surface area contributed by atoms with Crippen molar-refractivity contribution in [3.63, 3.8) is 0 Å². The van der Waals surface area contributed by atoms with Crippen LogP contribution in [-0.2, 0) is 11.3 Å². The molecule has 0 fully saturated rings. The summed E-state index contributed by atoms with van der Waals surface area (Å²) in [6.07, 6.45) is 1.67. The van der Waals surface area contributed by atoms with Gasteiger partial charge in [0.25, 0.3) is 5.56 Å². The van der Waals surface area contributed by atoms with Crippen molar-refractivity contribution in [2.75, 3.05) is 0 Å². The number of nitrogens with zero attached hydrogens (tertiary/aromatic N) is 2. The topological polar surface area (TPSA) is 60.7 Å². The summed E-state index contributed by atoms with van der Waals surface area (Å²) in [7, 11) is 0. The first-order valence-electron chi connectivity index (χ1n) is 7.16. The average molecular weight is 328 g/mol. The Bertz CT molecular complexity index is 933. The molecule has 0 aliphatic rings. The third-order valence-electron chi connectivity index (χ3n) is 3.59. The fraction of sp³-hybridized carbons (Fsp3) is 0.235. The van der Waals surface area contributed by atoms with Gasteiger partial charge < -0.3 is 4.74 Å². The van der Waals surface area contributed by atoms with Gasteiger partial charge in [0.2, 0.25) is 0 Å². The van der Waals surface area contributed by atoms with Gasteiger partial charge in [0.15, 0.2) is 4.96 Å². The number of aryl methyl sites for hydroxylation is 3.